The van der Waals surface area contributed by atoms with E-state index in [0.29, 0.717) is 11.5 Å². The Morgan fingerprint density at radius 2 is 2.25 bits per heavy atom. The van der Waals surface area contributed by atoms with Crippen LogP contribution < -0.4 is 0 Å². The van der Waals surface area contributed by atoms with Crippen molar-refractivity contribution in [3.63, 3.8) is 0 Å². The number of amides is 1. The first-order valence-corrected chi connectivity index (χ1v) is 2.97. The number of carbonyl (C=O) groups excluding carboxylic acids is 1. The molecule has 0 N–H and O–H groups in total. The molecule has 8 heavy (non-hydrogen) atoms. The Bertz CT molecular complexity index is 141. The van der Waals surface area contributed by atoms with Crippen LogP contribution in [0.3, 0.4) is 0 Å². The molecular formula is C5H6NOS-. The van der Waals surface area contributed by atoms with Gasteiger partial charge in [-0.3, -0.25) is 4.79 Å². The van der Waals surface area contributed by atoms with Gasteiger partial charge in [0.2, 0.25) is 5.91 Å². The largest absolute Gasteiger partial charge is 0.764 e. The molecule has 0 aromatic heterocycles. The average molecular weight is 128 g/mol. The minimum absolute atomic E-state index is 0.0544. The molecule has 1 heterocycles. The molecule has 0 aromatic carbocycles. The molecule has 0 radical (unpaired) electrons. The van der Waals surface area contributed by atoms with Gasteiger partial charge in [-0.2, -0.15) is 0 Å². The van der Waals surface area contributed by atoms with Crippen molar-refractivity contribution in [2.24, 2.45) is 4.99 Å². The van der Waals surface area contributed by atoms with E-state index in [2.05, 4.69) is 4.99 Å². The third-order valence-corrected chi connectivity index (χ3v) is 1.33. The van der Waals surface area contributed by atoms with Crippen molar-refractivity contribution in [2.75, 3.05) is 0 Å². The third-order valence-electron chi connectivity index (χ3n) is 1.03. The lowest BCUT2D eigenvalue weighted by Gasteiger charge is -2.13. The number of hydrogen-bond donors (Lipinski definition) is 0. The summed E-state index contributed by atoms with van der Waals surface area (Å²) in [4.78, 5) is 14.0. The van der Waals surface area contributed by atoms with Gasteiger partial charge in [0.25, 0.3) is 0 Å². The number of hydrogen-bond acceptors (Lipinski definition) is 2. The summed E-state index contributed by atoms with van der Waals surface area (Å²) in [6.45, 7) is 0. The fourth-order valence-electron chi connectivity index (χ4n) is 0.642. The third kappa shape index (κ3) is 1.26. The van der Waals surface area contributed by atoms with E-state index in [0.717, 1.165) is 12.8 Å². The highest BCUT2D eigenvalue weighted by Gasteiger charge is 2.02. The first-order chi connectivity index (χ1) is 3.79. The fraction of sp³-hybridized carbons (Fsp3) is 0.600. The second-order valence-electron chi connectivity index (χ2n) is 1.75. The van der Waals surface area contributed by atoms with Gasteiger partial charge >= 0.3 is 0 Å². The average Bonchev–Trinajstić information content (AvgIpc) is 1.64. The maximum atomic E-state index is 10.4. The maximum absolute atomic E-state index is 10.4. The summed E-state index contributed by atoms with van der Waals surface area (Å²) in [5.74, 6) is -0.0544. The van der Waals surface area contributed by atoms with Crippen molar-refractivity contribution in [1.29, 1.82) is 0 Å². The normalized spacial score (nSPS) is 20.5. The second kappa shape index (κ2) is 2.22. The number of rotatable bonds is 0. The highest BCUT2D eigenvalue weighted by molar-refractivity contribution is 7.77. The van der Waals surface area contributed by atoms with Crippen LogP contribution in [0.25, 0.3) is 0 Å². The van der Waals surface area contributed by atoms with E-state index in [-0.39, 0.29) is 5.91 Å². The van der Waals surface area contributed by atoms with Gasteiger partial charge in [-0.15, -0.1) is 5.04 Å². The zero-order valence-electron chi connectivity index (χ0n) is 4.39. The minimum atomic E-state index is -0.0544. The van der Waals surface area contributed by atoms with Crippen LogP contribution in [0.15, 0.2) is 4.99 Å². The van der Waals surface area contributed by atoms with E-state index in [4.69, 9.17) is 12.6 Å². The van der Waals surface area contributed by atoms with E-state index in [1.54, 1.807) is 0 Å². The number of carbonyl (C=O) groups is 1. The van der Waals surface area contributed by atoms with Crippen LogP contribution >= 0.6 is 0 Å². The monoisotopic (exact) mass is 128 g/mol. The summed E-state index contributed by atoms with van der Waals surface area (Å²) < 4.78 is 0. The Morgan fingerprint density at radius 1 is 1.50 bits per heavy atom. The van der Waals surface area contributed by atoms with Gasteiger partial charge in [0.1, 0.15) is 0 Å². The van der Waals surface area contributed by atoms with E-state index < -0.39 is 0 Å². The molecule has 0 fully saturated rings. The van der Waals surface area contributed by atoms with Crippen molar-refractivity contribution in [3.05, 3.63) is 0 Å². The minimum Gasteiger partial charge on any atom is -0.764 e. The molecule has 0 bridgehead atoms. The van der Waals surface area contributed by atoms with Crippen LogP contribution in [0.1, 0.15) is 19.3 Å². The first-order valence-electron chi connectivity index (χ1n) is 2.56. The van der Waals surface area contributed by atoms with Crippen molar-refractivity contribution in [2.45, 2.75) is 19.3 Å². The van der Waals surface area contributed by atoms with Crippen molar-refractivity contribution in [3.8, 4) is 0 Å². The molecule has 1 aliphatic heterocycles. The van der Waals surface area contributed by atoms with Crippen LogP contribution in [0.4, 0.5) is 0 Å². The SMILES string of the molecule is O=C1CCCC([S-])=N1. The van der Waals surface area contributed by atoms with Crippen LogP contribution in [0.5, 0.6) is 0 Å². The molecule has 0 aliphatic carbocycles. The van der Waals surface area contributed by atoms with Crippen molar-refractivity contribution < 1.29 is 4.79 Å². The predicted molar refractivity (Wildman–Crippen MR) is 33.7 cm³/mol. The van der Waals surface area contributed by atoms with Crippen LogP contribution in [0.2, 0.25) is 0 Å². The summed E-state index contributed by atoms with van der Waals surface area (Å²) >= 11 is 4.70. The van der Waals surface area contributed by atoms with Gasteiger partial charge in [0.05, 0.1) is 0 Å². The Balaban J connectivity index is 2.64. The Morgan fingerprint density at radius 3 is 2.62 bits per heavy atom. The van der Waals surface area contributed by atoms with E-state index in [1.165, 1.54) is 0 Å². The summed E-state index contributed by atoms with van der Waals surface area (Å²) in [7, 11) is 0. The molecule has 44 valence electrons. The predicted octanol–water partition coefficient (Wildman–Crippen LogP) is 0.642. The molecule has 0 spiro atoms. The maximum Gasteiger partial charge on any atom is 0.243 e. The van der Waals surface area contributed by atoms with Gasteiger partial charge in [0.15, 0.2) is 0 Å². The highest BCUT2D eigenvalue weighted by Crippen LogP contribution is 2.05. The summed E-state index contributed by atoms with van der Waals surface area (Å²) in [6, 6.07) is 0. The van der Waals surface area contributed by atoms with Gasteiger partial charge < -0.3 is 12.6 Å². The number of aliphatic imine (C=N–C) groups is 1. The standard InChI is InChI=1S/C5H7NOS/c7-4-2-1-3-5(8)6-4/h1-3H2,(H,6,7,8)/p-1. The first kappa shape index (κ1) is 5.69. The van der Waals surface area contributed by atoms with Gasteiger partial charge in [-0.1, -0.05) is 0 Å². The zero-order chi connectivity index (χ0) is 5.98. The molecular weight excluding hydrogens is 122 g/mol. The van der Waals surface area contributed by atoms with Crippen molar-refractivity contribution >= 4 is 23.6 Å². The molecule has 0 saturated heterocycles. The van der Waals surface area contributed by atoms with E-state index in [9.17, 15) is 4.79 Å². The van der Waals surface area contributed by atoms with Crippen LogP contribution in [-0.2, 0) is 17.4 Å². The molecule has 3 heteroatoms. The zero-order valence-corrected chi connectivity index (χ0v) is 5.20. The second-order valence-corrected chi connectivity index (χ2v) is 2.22. The molecule has 0 aromatic rings. The van der Waals surface area contributed by atoms with E-state index >= 15 is 0 Å². The lowest BCUT2D eigenvalue weighted by molar-refractivity contribution is -0.118. The van der Waals surface area contributed by atoms with Gasteiger partial charge in [-0.05, 0) is 12.8 Å². The molecule has 0 saturated carbocycles. The molecule has 1 aliphatic rings. The van der Waals surface area contributed by atoms with Crippen LogP contribution in [0, 0.1) is 0 Å². The topological polar surface area (TPSA) is 29.4 Å². The fourth-order valence-corrected chi connectivity index (χ4v) is 0.888. The smallest absolute Gasteiger partial charge is 0.243 e. The Hall–Kier alpha value is -0.440. The van der Waals surface area contributed by atoms with Crippen molar-refractivity contribution in [1.82, 2.24) is 0 Å². The van der Waals surface area contributed by atoms with Gasteiger partial charge in [0, 0.05) is 6.42 Å². The summed E-state index contributed by atoms with van der Waals surface area (Å²) in [5.41, 5.74) is 0. The quantitative estimate of drug-likeness (QED) is 0.448. The number of nitrogens with zero attached hydrogens (tertiary/aromatic N) is 1. The molecule has 1 rings (SSSR count). The Kier molecular flexibility index (Phi) is 1.58. The molecule has 0 unspecified atom stereocenters. The van der Waals surface area contributed by atoms with Gasteiger partial charge in [-0.25, -0.2) is 4.99 Å². The van der Waals surface area contributed by atoms with Crippen LogP contribution in [-0.4, -0.2) is 11.0 Å². The van der Waals surface area contributed by atoms with E-state index in [1.807, 2.05) is 0 Å². The molecule has 0 atom stereocenters. The molecule has 1 amide bonds. The Labute approximate surface area is 53.4 Å². The summed E-state index contributed by atoms with van der Waals surface area (Å²) in [6.07, 6.45) is 2.29. The highest BCUT2D eigenvalue weighted by atomic mass is 32.1. The lowest BCUT2D eigenvalue weighted by Crippen LogP contribution is -2.06. The lowest BCUT2D eigenvalue weighted by atomic mass is 10.2. The molecule has 2 nitrogen and oxygen atoms in total. The summed E-state index contributed by atoms with van der Waals surface area (Å²) in [5, 5.41) is 0.571.